The lowest BCUT2D eigenvalue weighted by Gasteiger charge is -2.28. The fourth-order valence-electron chi connectivity index (χ4n) is 2.04. The van der Waals surface area contributed by atoms with Gasteiger partial charge in [-0.1, -0.05) is 19.8 Å². The molecular formula is C14H28N2O2. The lowest BCUT2D eigenvalue weighted by Crippen LogP contribution is -2.45. The number of rotatable bonds is 5. The Morgan fingerprint density at radius 1 is 1.33 bits per heavy atom. The molecule has 2 unspecified atom stereocenters. The average molecular weight is 256 g/mol. The van der Waals surface area contributed by atoms with E-state index in [0.717, 1.165) is 32.4 Å². The van der Waals surface area contributed by atoms with Crippen LogP contribution in [-0.2, 0) is 9.53 Å². The summed E-state index contributed by atoms with van der Waals surface area (Å²) in [6.45, 7) is 8.00. The van der Waals surface area contributed by atoms with Crippen molar-refractivity contribution in [3.63, 3.8) is 0 Å². The highest BCUT2D eigenvalue weighted by molar-refractivity contribution is 5.80. The molecule has 1 saturated heterocycles. The lowest BCUT2D eigenvalue weighted by atomic mass is 10.0. The van der Waals surface area contributed by atoms with Crippen LogP contribution in [0.1, 0.15) is 52.9 Å². The molecule has 0 saturated carbocycles. The van der Waals surface area contributed by atoms with Crippen molar-refractivity contribution in [2.24, 2.45) is 5.73 Å². The number of carbonyl (C=O) groups is 1. The molecule has 1 fully saturated rings. The summed E-state index contributed by atoms with van der Waals surface area (Å²) in [5.74, 6) is 0.115. The van der Waals surface area contributed by atoms with E-state index in [2.05, 4.69) is 0 Å². The predicted molar refractivity (Wildman–Crippen MR) is 73.3 cm³/mol. The van der Waals surface area contributed by atoms with Crippen LogP contribution in [0.5, 0.6) is 0 Å². The smallest absolute Gasteiger partial charge is 0.251 e. The summed E-state index contributed by atoms with van der Waals surface area (Å²) in [5, 5.41) is 0. The first kappa shape index (κ1) is 15.4. The van der Waals surface area contributed by atoms with Gasteiger partial charge in [-0.2, -0.15) is 0 Å². The maximum atomic E-state index is 12.2. The highest BCUT2D eigenvalue weighted by Gasteiger charge is 2.24. The third kappa shape index (κ3) is 4.94. The second kappa shape index (κ2) is 7.10. The van der Waals surface area contributed by atoms with E-state index >= 15 is 0 Å². The monoisotopic (exact) mass is 256 g/mol. The molecule has 2 N–H and O–H groups in total. The third-order valence-corrected chi connectivity index (χ3v) is 3.74. The number of nitrogens with two attached hydrogens (primary N) is 1. The number of hydrogen-bond donors (Lipinski definition) is 1. The molecule has 0 spiro atoms. The molecule has 2 atom stereocenters. The molecule has 1 aliphatic heterocycles. The highest BCUT2D eigenvalue weighted by Crippen LogP contribution is 2.13. The maximum Gasteiger partial charge on any atom is 0.251 e. The van der Waals surface area contributed by atoms with E-state index in [1.807, 2.05) is 25.7 Å². The number of likely N-dealkylation sites (tertiary alicyclic amines) is 1. The van der Waals surface area contributed by atoms with Gasteiger partial charge in [0.25, 0.3) is 5.91 Å². The topological polar surface area (TPSA) is 55.6 Å². The predicted octanol–water partition coefficient (Wildman–Crippen LogP) is 1.92. The Bertz CT molecular complexity index is 259. The fourth-order valence-corrected chi connectivity index (χ4v) is 2.04. The van der Waals surface area contributed by atoms with Gasteiger partial charge < -0.3 is 15.4 Å². The van der Waals surface area contributed by atoms with Gasteiger partial charge >= 0.3 is 0 Å². The van der Waals surface area contributed by atoms with Gasteiger partial charge in [0.05, 0.1) is 6.61 Å². The summed E-state index contributed by atoms with van der Waals surface area (Å²) in [6, 6.07) is 0. The van der Waals surface area contributed by atoms with E-state index in [0.29, 0.717) is 6.61 Å². The number of hydrogen-bond acceptors (Lipinski definition) is 3. The summed E-state index contributed by atoms with van der Waals surface area (Å²) < 4.78 is 5.64. The van der Waals surface area contributed by atoms with Crippen molar-refractivity contribution in [1.82, 2.24) is 4.90 Å². The molecule has 1 aliphatic rings. The maximum absolute atomic E-state index is 12.2. The van der Waals surface area contributed by atoms with Crippen LogP contribution >= 0.6 is 0 Å². The number of ether oxygens (including phenoxy) is 1. The SMILES string of the molecule is CCC(C)(N)COC(C)C(=O)N1CCCCCC1. The summed E-state index contributed by atoms with van der Waals surface area (Å²) in [4.78, 5) is 14.2. The van der Waals surface area contributed by atoms with Gasteiger partial charge in [0.2, 0.25) is 0 Å². The molecule has 4 nitrogen and oxygen atoms in total. The molecule has 18 heavy (non-hydrogen) atoms. The molecule has 1 rings (SSSR count). The molecule has 1 heterocycles. The van der Waals surface area contributed by atoms with Crippen LogP contribution in [0.15, 0.2) is 0 Å². The second-order valence-corrected chi connectivity index (χ2v) is 5.70. The Morgan fingerprint density at radius 2 is 1.89 bits per heavy atom. The van der Waals surface area contributed by atoms with Gasteiger partial charge in [0.1, 0.15) is 6.10 Å². The van der Waals surface area contributed by atoms with Gasteiger partial charge in [0.15, 0.2) is 0 Å². The van der Waals surface area contributed by atoms with Gasteiger partial charge in [-0.25, -0.2) is 0 Å². The largest absolute Gasteiger partial charge is 0.367 e. The van der Waals surface area contributed by atoms with E-state index < -0.39 is 0 Å². The minimum atomic E-state index is -0.377. The van der Waals surface area contributed by atoms with Gasteiger partial charge in [-0.3, -0.25) is 4.79 Å². The minimum absolute atomic E-state index is 0.115. The summed E-state index contributed by atoms with van der Waals surface area (Å²) in [5.41, 5.74) is 5.68. The molecule has 0 aromatic rings. The van der Waals surface area contributed by atoms with Crippen LogP contribution in [0.3, 0.4) is 0 Å². The van der Waals surface area contributed by atoms with E-state index in [1.165, 1.54) is 12.8 Å². The van der Waals surface area contributed by atoms with Crippen molar-refractivity contribution < 1.29 is 9.53 Å². The standard InChI is InChI=1S/C14H28N2O2/c1-4-14(3,15)11-18-12(2)13(17)16-9-7-5-6-8-10-16/h12H,4-11,15H2,1-3H3. The first-order valence-electron chi connectivity index (χ1n) is 7.15. The first-order chi connectivity index (χ1) is 8.46. The number of nitrogens with zero attached hydrogens (tertiary/aromatic N) is 1. The summed E-state index contributed by atoms with van der Waals surface area (Å²) in [7, 11) is 0. The molecule has 1 amide bonds. The zero-order valence-corrected chi connectivity index (χ0v) is 12.1. The Balaban J connectivity index is 2.40. The normalized spacial score (nSPS) is 22.1. The van der Waals surface area contributed by atoms with Crippen molar-refractivity contribution in [3.05, 3.63) is 0 Å². The van der Waals surface area contributed by atoms with E-state index in [4.69, 9.17) is 10.5 Å². The minimum Gasteiger partial charge on any atom is -0.367 e. The van der Waals surface area contributed by atoms with E-state index in [1.54, 1.807) is 0 Å². The van der Waals surface area contributed by atoms with Crippen molar-refractivity contribution >= 4 is 5.91 Å². The lowest BCUT2D eigenvalue weighted by molar-refractivity contribution is -0.143. The molecule has 0 bridgehead atoms. The number of amides is 1. The van der Waals surface area contributed by atoms with Crippen molar-refractivity contribution in [1.29, 1.82) is 0 Å². The third-order valence-electron chi connectivity index (χ3n) is 3.74. The second-order valence-electron chi connectivity index (χ2n) is 5.70. The van der Waals surface area contributed by atoms with Gasteiger partial charge in [-0.15, -0.1) is 0 Å². The molecule has 0 aromatic carbocycles. The highest BCUT2D eigenvalue weighted by atomic mass is 16.5. The molecule has 0 aromatic heterocycles. The van der Waals surface area contributed by atoms with Gasteiger partial charge in [0, 0.05) is 18.6 Å². The quantitative estimate of drug-likeness (QED) is 0.817. The molecule has 4 heteroatoms. The van der Waals surface area contributed by atoms with Crippen LogP contribution in [0, 0.1) is 0 Å². The molecule has 106 valence electrons. The fraction of sp³-hybridized carbons (Fsp3) is 0.929. The van der Waals surface area contributed by atoms with Crippen LogP contribution in [0.2, 0.25) is 0 Å². The zero-order chi connectivity index (χ0) is 13.6. The van der Waals surface area contributed by atoms with Crippen LogP contribution < -0.4 is 5.73 Å². The molecule has 0 aliphatic carbocycles. The van der Waals surface area contributed by atoms with E-state index in [9.17, 15) is 4.79 Å². The van der Waals surface area contributed by atoms with Crippen molar-refractivity contribution in [2.45, 2.75) is 64.5 Å². The average Bonchev–Trinajstić information content (AvgIpc) is 2.64. The number of carbonyl (C=O) groups excluding carboxylic acids is 1. The summed E-state index contributed by atoms with van der Waals surface area (Å²) in [6.07, 6.45) is 5.16. The Labute approximate surface area is 111 Å². The van der Waals surface area contributed by atoms with Crippen LogP contribution in [0.4, 0.5) is 0 Å². The van der Waals surface area contributed by atoms with Crippen molar-refractivity contribution in [2.75, 3.05) is 19.7 Å². The van der Waals surface area contributed by atoms with Gasteiger partial charge in [-0.05, 0) is 33.1 Å². The Morgan fingerprint density at radius 3 is 2.39 bits per heavy atom. The summed E-state index contributed by atoms with van der Waals surface area (Å²) >= 11 is 0. The van der Waals surface area contributed by atoms with Crippen molar-refractivity contribution in [3.8, 4) is 0 Å². The van der Waals surface area contributed by atoms with Crippen LogP contribution in [-0.4, -0.2) is 42.1 Å². The molecular weight excluding hydrogens is 228 g/mol. The van der Waals surface area contributed by atoms with E-state index in [-0.39, 0.29) is 17.6 Å². The Hall–Kier alpha value is -0.610. The zero-order valence-electron chi connectivity index (χ0n) is 12.1. The molecule has 0 radical (unpaired) electrons. The first-order valence-corrected chi connectivity index (χ1v) is 7.15. The Kier molecular flexibility index (Phi) is 6.09. The van der Waals surface area contributed by atoms with Crippen LogP contribution in [0.25, 0.3) is 0 Å².